The van der Waals surface area contributed by atoms with Crippen LogP contribution < -0.4 is 4.74 Å². The first-order chi connectivity index (χ1) is 7.15. The molecule has 1 aromatic rings. The average molecular weight is 216 g/mol. The van der Waals surface area contributed by atoms with E-state index in [4.69, 9.17) is 5.11 Å². The molecule has 0 aliphatic rings. The van der Waals surface area contributed by atoms with Crippen LogP contribution in [-0.4, -0.2) is 11.7 Å². The highest BCUT2D eigenvalue weighted by atomic mass is 19.3. The molecule has 0 aliphatic heterocycles. The van der Waals surface area contributed by atoms with Crippen molar-refractivity contribution in [2.24, 2.45) is 0 Å². The van der Waals surface area contributed by atoms with Crippen LogP contribution in [0.4, 0.5) is 8.78 Å². The maximum atomic E-state index is 12.0. The molecule has 0 saturated heterocycles. The molecule has 2 nitrogen and oxygen atoms in total. The molecule has 0 fully saturated rings. The normalized spacial score (nSPS) is 10.7. The second-order valence-corrected chi connectivity index (χ2v) is 3.27. The van der Waals surface area contributed by atoms with Crippen molar-refractivity contribution < 1.29 is 18.6 Å². The topological polar surface area (TPSA) is 29.5 Å². The lowest BCUT2D eigenvalue weighted by Gasteiger charge is -2.08. The molecule has 0 spiro atoms. The third-order valence-electron chi connectivity index (χ3n) is 1.97. The van der Waals surface area contributed by atoms with Crippen LogP contribution >= 0.6 is 0 Å². The lowest BCUT2D eigenvalue weighted by Crippen LogP contribution is -2.03. The molecule has 0 amide bonds. The number of benzene rings is 1. The Bertz CT molecular complexity index is 313. The van der Waals surface area contributed by atoms with Crippen molar-refractivity contribution in [3.63, 3.8) is 0 Å². The Morgan fingerprint density at radius 2 is 1.93 bits per heavy atom. The lowest BCUT2D eigenvalue weighted by molar-refractivity contribution is -0.0499. The Balaban J connectivity index is 2.89. The van der Waals surface area contributed by atoms with Crippen molar-refractivity contribution in [3.05, 3.63) is 29.3 Å². The smallest absolute Gasteiger partial charge is 0.387 e. The Morgan fingerprint density at radius 3 is 2.47 bits per heavy atom. The fraction of sp³-hybridized carbons (Fsp3) is 0.455. The van der Waals surface area contributed by atoms with Gasteiger partial charge in [-0.15, -0.1) is 0 Å². The van der Waals surface area contributed by atoms with Gasteiger partial charge in [0.1, 0.15) is 5.75 Å². The Kier molecular flexibility index (Phi) is 4.49. The quantitative estimate of drug-likeness (QED) is 0.820. The first kappa shape index (κ1) is 11.9. The molecule has 0 unspecified atom stereocenters. The third kappa shape index (κ3) is 3.83. The fourth-order valence-electron chi connectivity index (χ4n) is 1.42. The molecular formula is C11H14F2O2. The van der Waals surface area contributed by atoms with Crippen LogP contribution in [-0.2, 0) is 13.0 Å². The molecule has 15 heavy (non-hydrogen) atoms. The lowest BCUT2D eigenvalue weighted by atomic mass is 10.1. The number of rotatable bonds is 5. The zero-order valence-electron chi connectivity index (χ0n) is 8.54. The first-order valence-electron chi connectivity index (χ1n) is 4.84. The molecule has 4 heteroatoms. The Hall–Kier alpha value is -1.16. The number of aliphatic hydroxyl groups excluding tert-OH is 1. The highest BCUT2D eigenvalue weighted by Crippen LogP contribution is 2.20. The van der Waals surface area contributed by atoms with Gasteiger partial charge >= 0.3 is 6.61 Å². The summed E-state index contributed by atoms with van der Waals surface area (Å²) in [5, 5.41) is 8.95. The molecule has 0 bridgehead atoms. The van der Waals surface area contributed by atoms with Gasteiger partial charge in [0.25, 0.3) is 0 Å². The summed E-state index contributed by atoms with van der Waals surface area (Å²) in [6.45, 7) is -0.996. The SMILES string of the molecule is CCCc1cc(CO)cc(OC(F)F)c1. The van der Waals surface area contributed by atoms with Crippen LogP contribution in [0.15, 0.2) is 18.2 Å². The van der Waals surface area contributed by atoms with E-state index in [2.05, 4.69) is 4.74 Å². The largest absolute Gasteiger partial charge is 0.435 e. The van der Waals surface area contributed by atoms with Gasteiger partial charge in [0, 0.05) is 0 Å². The molecule has 1 N–H and O–H groups in total. The van der Waals surface area contributed by atoms with Gasteiger partial charge < -0.3 is 9.84 Å². The van der Waals surface area contributed by atoms with E-state index < -0.39 is 6.61 Å². The summed E-state index contributed by atoms with van der Waals surface area (Å²) in [5.74, 6) is 0.111. The second-order valence-electron chi connectivity index (χ2n) is 3.27. The first-order valence-corrected chi connectivity index (χ1v) is 4.84. The molecule has 0 aliphatic carbocycles. The molecule has 0 heterocycles. The summed E-state index contributed by atoms with van der Waals surface area (Å²) in [7, 11) is 0. The van der Waals surface area contributed by atoms with Crippen molar-refractivity contribution in [1.82, 2.24) is 0 Å². The number of ether oxygens (including phenoxy) is 1. The summed E-state index contributed by atoms with van der Waals surface area (Å²) in [6.07, 6.45) is 1.70. The van der Waals surface area contributed by atoms with Gasteiger partial charge in [-0.1, -0.05) is 19.4 Å². The number of aryl methyl sites for hydroxylation is 1. The van der Waals surface area contributed by atoms with E-state index in [1.54, 1.807) is 12.1 Å². The van der Waals surface area contributed by atoms with Gasteiger partial charge in [-0.3, -0.25) is 0 Å². The van der Waals surface area contributed by atoms with Crippen LogP contribution in [0, 0.1) is 0 Å². The molecule has 0 saturated carbocycles. The molecular weight excluding hydrogens is 202 g/mol. The van der Waals surface area contributed by atoms with Gasteiger partial charge in [-0.05, 0) is 29.7 Å². The van der Waals surface area contributed by atoms with Crippen LogP contribution in [0.25, 0.3) is 0 Å². The van der Waals surface area contributed by atoms with Crippen molar-refractivity contribution in [2.45, 2.75) is 33.0 Å². The number of hydrogen-bond donors (Lipinski definition) is 1. The van der Waals surface area contributed by atoms with E-state index in [0.717, 1.165) is 18.4 Å². The predicted molar refractivity (Wildman–Crippen MR) is 53.0 cm³/mol. The summed E-state index contributed by atoms with van der Waals surface area (Å²) in [4.78, 5) is 0. The third-order valence-corrected chi connectivity index (χ3v) is 1.97. The van der Waals surface area contributed by atoms with Crippen molar-refractivity contribution in [3.8, 4) is 5.75 Å². The monoisotopic (exact) mass is 216 g/mol. The van der Waals surface area contributed by atoms with Crippen LogP contribution in [0.5, 0.6) is 5.75 Å². The molecule has 1 rings (SSSR count). The summed E-state index contributed by atoms with van der Waals surface area (Å²) >= 11 is 0. The number of aliphatic hydroxyl groups is 1. The predicted octanol–water partition coefficient (Wildman–Crippen LogP) is 2.73. The van der Waals surface area contributed by atoms with Crippen LogP contribution in [0.3, 0.4) is 0 Å². The highest BCUT2D eigenvalue weighted by molar-refractivity contribution is 5.34. The van der Waals surface area contributed by atoms with E-state index in [0.29, 0.717) is 5.56 Å². The zero-order valence-corrected chi connectivity index (χ0v) is 8.54. The van der Waals surface area contributed by atoms with Gasteiger partial charge in [-0.2, -0.15) is 8.78 Å². The summed E-state index contributed by atoms with van der Waals surface area (Å²) < 4.78 is 28.3. The van der Waals surface area contributed by atoms with E-state index >= 15 is 0 Å². The van der Waals surface area contributed by atoms with Crippen LogP contribution in [0.1, 0.15) is 24.5 Å². The van der Waals surface area contributed by atoms with Crippen molar-refractivity contribution >= 4 is 0 Å². The Morgan fingerprint density at radius 1 is 1.27 bits per heavy atom. The second kappa shape index (κ2) is 5.66. The van der Waals surface area contributed by atoms with E-state index in [-0.39, 0.29) is 12.4 Å². The minimum atomic E-state index is -2.83. The van der Waals surface area contributed by atoms with Gasteiger partial charge in [0.05, 0.1) is 6.61 Å². The van der Waals surface area contributed by atoms with Crippen molar-refractivity contribution in [2.75, 3.05) is 0 Å². The summed E-state index contributed by atoms with van der Waals surface area (Å²) in [6, 6.07) is 4.79. The van der Waals surface area contributed by atoms with E-state index in [9.17, 15) is 8.78 Å². The molecule has 1 aromatic carbocycles. The van der Waals surface area contributed by atoms with Gasteiger partial charge in [0.15, 0.2) is 0 Å². The number of alkyl halides is 2. The molecule has 0 radical (unpaired) electrons. The molecule has 84 valence electrons. The van der Waals surface area contributed by atoms with Gasteiger partial charge in [0.2, 0.25) is 0 Å². The maximum absolute atomic E-state index is 12.0. The van der Waals surface area contributed by atoms with Gasteiger partial charge in [-0.25, -0.2) is 0 Å². The zero-order chi connectivity index (χ0) is 11.3. The average Bonchev–Trinajstić information content (AvgIpc) is 2.16. The minimum Gasteiger partial charge on any atom is -0.435 e. The number of hydrogen-bond acceptors (Lipinski definition) is 2. The maximum Gasteiger partial charge on any atom is 0.387 e. The fourth-order valence-corrected chi connectivity index (χ4v) is 1.42. The Labute approximate surface area is 87.5 Å². The van der Waals surface area contributed by atoms with Crippen LogP contribution in [0.2, 0.25) is 0 Å². The van der Waals surface area contributed by atoms with E-state index in [1.165, 1.54) is 6.07 Å². The minimum absolute atomic E-state index is 0.111. The standard InChI is InChI=1S/C11H14F2O2/c1-2-3-8-4-9(7-14)6-10(5-8)15-11(12)13/h4-6,11,14H,2-3,7H2,1H3. The summed E-state index contributed by atoms with van der Waals surface area (Å²) in [5.41, 5.74) is 1.50. The molecule has 0 aromatic heterocycles. The number of halogens is 2. The highest BCUT2D eigenvalue weighted by Gasteiger charge is 2.06. The molecule has 0 atom stereocenters. The van der Waals surface area contributed by atoms with Crippen molar-refractivity contribution in [1.29, 1.82) is 0 Å². The van der Waals surface area contributed by atoms with E-state index in [1.807, 2.05) is 6.92 Å².